The second-order valence-electron chi connectivity index (χ2n) is 4.32. The summed E-state index contributed by atoms with van der Waals surface area (Å²) in [6.45, 7) is 2.76. The Balaban J connectivity index is 2.27. The lowest BCUT2D eigenvalue weighted by Crippen LogP contribution is -2.29. The molecule has 2 atom stereocenters. The fourth-order valence-corrected chi connectivity index (χ4v) is 3.62. The molecular weight excluding hydrogens is 240 g/mol. The van der Waals surface area contributed by atoms with E-state index >= 15 is 0 Å². The van der Waals surface area contributed by atoms with E-state index in [1.54, 1.807) is 0 Å². The highest BCUT2D eigenvalue weighted by molar-refractivity contribution is 7.99. The van der Waals surface area contributed by atoms with Crippen molar-refractivity contribution < 1.29 is 8.78 Å². The van der Waals surface area contributed by atoms with Crippen LogP contribution in [0.1, 0.15) is 24.9 Å². The Hall–Kier alpha value is -0.610. The van der Waals surface area contributed by atoms with Crippen molar-refractivity contribution in [1.29, 1.82) is 0 Å². The predicted molar refractivity (Wildman–Crippen MR) is 68.2 cm³/mol. The third-order valence-corrected chi connectivity index (χ3v) is 4.34. The van der Waals surface area contributed by atoms with Gasteiger partial charge in [0.1, 0.15) is 11.6 Å². The van der Waals surface area contributed by atoms with E-state index in [0.29, 0.717) is 11.5 Å². The lowest BCUT2D eigenvalue weighted by atomic mass is 9.92. The Morgan fingerprint density at radius 3 is 2.94 bits per heavy atom. The third-order valence-electron chi connectivity index (χ3n) is 3.15. The molecule has 17 heavy (non-hydrogen) atoms. The van der Waals surface area contributed by atoms with Crippen LogP contribution in [-0.4, -0.2) is 18.1 Å². The number of hydrogen-bond donors (Lipinski definition) is 1. The van der Waals surface area contributed by atoms with Crippen LogP contribution in [0.2, 0.25) is 0 Å². The SMILES string of the molecule is CCNC(c1cc(F)ccc1F)C1CCSC1. The summed E-state index contributed by atoms with van der Waals surface area (Å²) in [6, 6.07) is 3.65. The molecule has 1 saturated heterocycles. The van der Waals surface area contributed by atoms with Crippen LogP contribution in [-0.2, 0) is 0 Å². The van der Waals surface area contributed by atoms with E-state index in [-0.39, 0.29) is 17.7 Å². The second-order valence-corrected chi connectivity index (χ2v) is 5.47. The number of benzene rings is 1. The van der Waals surface area contributed by atoms with Gasteiger partial charge in [-0.3, -0.25) is 0 Å². The standard InChI is InChI=1S/C13H17F2NS/c1-2-16-13(9-5-6-17-8-9)11-7-10(14)3-4-12(11)15/h3-4,7,9,13,16H,2,5-6,8H2,1H3. The number of nitrogens with one attached hydrogen (secondary N) is 1. The maximum atomic E-state index is 13.8. The minimum atomic E-state index is -0.366. The van der Waals surface area contributed by atoms with Crippen LogP contribution in [0, 0.1) is 17.6 Å². The highest BCUT2D eigenvalue weighted by Gasteiger charge is 2.28. The van der Waals surface area contributed by atoms with Crippen molar-refractivity contribution in [2.24, 2.45) is 5.92 Å². The van der Waals surface area contributed by atoms with E-state index in [1.165, 1.54) is 18.2 Å². The van der Waals surface area contributed by atoms with Gasteiger partial charge in [-0.05, 0) is 48.6 Å². The molecule has 1 nitrogen and oxygen atoms in total. The molecule has 1 fully saturated rings. The van der Waals surface area contributed by atoms with Gasteiger partial charge in [-0.15, -0.1) is 0 Å². The van der Waals surface area contributed by atoms with E-state index in [2.05, 4.69) is 5.32 Å². The van der Waals surface area contributed by atoms with E-state index in [1.807, 2.05) is 18.7 Å². The molecule has 0 radical (unpaired) electrons. The highest BCUT2D eigenvalue weighted by atomic mass is 32.2. The van der Waals surface area contributed by atoms with Crippen molar-refractivity contribution >= 4 is 11.8 Å². The van der Waals surface area contributed by atoms with Crippen molar-refractivity contribution in [1.82, 2.24) is 5.32 Å². The first-order chi connectivity index (χ1) is 8.22. The molecule has 94 valence electrons. The highest BCUT2D eigenvalue weighted by Crippen LogP contribution is 2.35. The summed E-state index contributed by atoms with van der Waals surface area (Å²) in [4.78, 5) is 0. The van der Waals surface area contributed by atoms with Crippen molar-refractivity contribution in [3.8, 4) is 0 Å². The zero-order chi connectivity index (χ0) is 12.3. The van der Waals surface area contributed by atoms with Crippen LogP contribution in [0.15, 0.2) is 18.2 Å². The first-order valence-corrected chi connectivity index (χ1v) is 7.14. The van der Waals surface area contributed by atoms with Crippen LogP contribution in [0.4, 0.5) is 8.78 Å². The molecule has 1 aliphatic heterocycles. The number of thioether (sulfide) groups is 1. The van der Waals surface area contributed by atoms with Crippen LogP contribution in [0.5, 0.6) is 0 Å². The molecule has 1 aromatic carbocycles. The van der Waals surface area contributed by atoms with Crippen LogP contribution < -0.4 is 5.32 Å². The summed E-state index contributed by atoms with van der Waals surface area (Å²) in [5.41, 5.74) is 0.472. The topological polar surface area (TPSA) is 12.0 Å². The van der Waals surface area contributed by atoms with Gasteiger partial charge in [-0.25, -0.2) is 8.78 Å². The quantitative estimate of drug-likeness (QED) is 0.887. The maximum Gasteiger partial charge on any atom is 0.128 e. The zero-order valence-electron chi connectivity index (χ0n) is 9.88. The summed E-state index contributed by atoms with van der Waals surface area (Å²) >= 11 is 1.88. The van der Waals surface area contributed by atoms with Gasteiger partial charge in [0, 0.05) is 11.6 Å². The average molecular weight is 257 g/mol. The summed E-state index contributed by atoms with van der Waals surface area (Å²) in [5, 5.41) is 3.29. The number of hydrogen-bond acceptors (Lipinski definition) is 2. The predicted octanol–water partition coefficient (Wildman–Crippen LogP) is 3.37. The first-order valence-electron chi connectivity index (χ1n) is 5.98. The molecule has 0 saturated carbocycles. The molecule has 2 rings (SSSR count). The molecule has 1 N–H and O–H groups in total. The Labute approximate surface area is 105 Å². The van der Waals surface area contributed by atoms with Gasteiger partial charge in [-0.1, -0.05) is 6.92 Å². The van der Waals surface area contributed by atoms with E-state index in [0.717, 1.165) is 24.5 Å². The molecule has 1 aromatic rings. The van der Waals surface area contributed by atoms with Gasteiger partial charge >= 0.3 is 0 Å². The van der Waals surface area contributed by atoms with Gasteiger partial charge < -0.3 is 5.32 Å². The molecular formula is C13H17F2NS. The van der Waals surface area contributed by atoms with Gasteiger partial charge in [-0.2, -0.15) is 11.8 Å². The van der Waals surface area contributed by atoms with Crippen LogP contribution >= 0.6 is 11.8 Å². The Kier molecular flexibility index (Phi) is 4.40. The molecule has 0 aromatic heterocycles. The molecule has 1 heterocycles. The van der Waals surface area contributed by atoms with Gasteiger partial charge in [0.05, 0.1) is 0 Å². The smallest absolute Gasteiger partial charge is 0.128 e. The summed E-state index contributed by atoms with van der Waals surface area (Å²) < 4.78 is 27.0. The third kappa shape index (κ3) is 2.99. The van der Waals surface area contributed by atoms with Crippen LogP contribution in [0.25, 0.3) is 0 Å². The average Bonchev–Trinajstić information content (AvgIpc) is 2.83. The number of halogens is 2. The van der Waals surface area contributed by atoms with Crippen LogP contribution in [0.3, 0.4) is 0 Å². The van der Waals surface area contributed by atoms with E-state index in [9.17, 15) is 8.78 Å². The Morgan fingerprint density at radius 1 is 1.47 bits per heavy atom. The lowest BCUT2D eigenvalue weighted by Gasteiger charge is -2.24. The summed E-state index contributed by atoms with van der Waals surface area (Å²) in [6.07, 6.45) is 1.07. The molecule has 0 bridgehead atoms. The second kappa shape index (κ2) is 5.83. The van der Waals surface area contributed by atoms with Gasteiger partial charge in [0.25, 0.3) is 0 Å². The van der Waals surface area contributed by atoms with Crippen molar-refractivity contribution in [3.05, 3.63) is 35.4 Å². The largest absolute Gasteiger partial charge is 0.310 e. The summed E-state index contributed by atoms with van der Waals surface area (Å²) in [7, 11) is 0. The molecule has 0 aliphatic carbocycles. The summed E-state index contributed by atoms with van der Waals surface area (Å²) in [5.74, 6) is 1.86. The lowest BCUT2D eigenvalue weighted by molar-refractivity contribution is 0.386. The molecule has 0 spiro atoms. The molecule has 0 amide bonds. The minimum absolute atomic E-state index is 0.0642. The molecule has 1 aliphatic rings. The maximum absolute atomic E-state index is 13.8. The first kappa shape index (κ1) is 12.8. The van der Waals surface area contributed by atoms with E-state index < -0.39 is 0 Å². The van der Waals surface area contributed by atoms with Crippen molar-refractivity contribution in [3.63, 3.8) is 0 Å². The Bertz CT molecular complexity index is 378. The van der Waals surface area contributed by atoms with Gasteiger partial charge in [0.15, 0.2) is 0 Å². The Morgan fingerprint density at radius 2 is 2.29 bits per heavy atom. The number of rotatable bonds is 4. The van der Waals surface area contributed by atoms with Crippen molar-refractivity contribution in [2.45, 2.75) is 19.4 Å². The van der Waals surface area contributed by atoms with Crippen molar-refractivity contribution in [2.75, 3.05) is 18.1 Å². The molecule has 4 heteroatoms. The fraction of sp³-hybridized carbons (Fsp3) is 0.538. The fourth-order valence-electron chi connectivity index (χ4n) is 2.32. The monoisotopic (exact) mass is 257 g/mol. The normalized spacial score (nSPS) is 21.7. The zero-order valence-corrected chi connectivity index (χ0v) is 10.7. The van der Waals surface area contributed by atoms with Gasteiger partial charge in [0.2, 0.25) is 0 Å². The van der Waals surface area contributed by atoms with E-state index in [4.69, 9.17) is 0 Å². The molecule has 2 unspecified atom stereocenters. The minimum Gasteiger partial charge on any atom is -0.310 e.